The van der Waals surface area contributed by atoms with Crippen LogP contribution in [0.4, 0.5) is 0 Å². The number of carbonyl (C=O) groups is 2. The minimum atomic E-state index is -0.0519. The highest BCUT2D eigenvalue weighted by Gasteiger charge is 2.13. The van der Waals surface area contributed by atoms with Crippen molar-refractivity contribution < 1.29 is 9.59 Å². The monoisotopic (exact) mass is 279 g/mol. The molecule has 0 aromatic carbocycles. The van der Waals surface area contributed by atoms with E-state index in [2.05, 4.69) is 0 Å². The van der Waals surface area contributed by atoms with Crippen molar-refractivity contribution in [3.8, 4) is 0 Å². The van der Waals surface area contributed by atoms with Gasteiger partial charge in [-0.1, -0.05) is 12.8 Å². The van der Waals surface area contributed by atoms with E-state index in [0.29, 0.717) is 13.0 Å². The maximum Gasteiger partial charge on any atom is 0.241 e. The molecular formula is C12H26ClN3O2. The van der Waals surface area contributed by atoms with E-state index >= 15 is 0 Å². The van der Waals surface area contributed by atoms with E-state index in [4.69, 9.17) is 5.73 Å². The van der Waals surface area contributed by atoms with Crippen LogP contribution in [0.2, 0.25) is 0 Å². The van der Waals surface area contributed by atoms with Gasteiger partial charge in [-0.2, -0.15) is 0 Å². The molecule has 5 nitrogen and oxygen atoms in total. The number of hydrogen-bond acceptors (Lipinski definition) is 3. The van der Waals surface area contributed by atoms with Gasteiger partial charge in [-0.15, -0.1) is 12.4 Å². The van der Waals surface area contributed by atoms with Crippen LogP contribution in [0.5, 0.6) is 0 Å². The Morgan fingerprint density at radius 1 is 0.944 bits per heavy atom. The molecule has 0 rings (SSSR count). The quantitative estimate of drug-likeness (QED) is 0.670. The molecule has 2 N–H and O–H groups in total. The van der Waals surface area contributed by atoms with Gasteiger partial charge in [0.1, 0.15) is 0 Å². The lowest BCUT2D eigenvalue weighted by atomic mass is 10.1. The maximum atomic E-state index is 11.7. The largest absolute Gasteiger partial charge is 0.347 e. The van der Waals surface area contributed by atoms with Crippen LogP contribution in [-0.4, -0.2) is 55.8 Å². The maximum absolute atomic E-state index is 11.7. The summed E-state index contributed by atoms with van der Waals surface area (Å²) in [6, 6.07) is 0. The Bertz CT molecular complexity index is 247. The number of carbonyl (C=O) groups excluding carboxylic acids is 2. The second-order valence-electron chi connectivity index (χ2n) is 4.49. The summed E-state index contributed by atoms with van der Waals surface area (Å²) in [6.07, 6.45) is 4.51. The molecule has 0 fully saturated rings. The smallest absolute Gasteiger partial charge is 0.241 e. The zero-order valence-electron chi connectivity index (χ0n) is 11.6. The van der Waals surface area contributed by atoms with Crippen LogP contribution in [0, 0.1) is 0 Å². The molecule has 0 aliphatic rings. The predicted octanol–water partition coefficient (Wildman–Crippen LogP) is 0.864. The van der Waals surface area contributed by atoms with Crippen LogP contribution in [0.25, 0.3) is 0 Å². The number of likely N-dealkylation sites (N-methyl/N-ethyl adjacent to an activating group) is 2. The van der Waals surface area contributed by atoms with E-state index in [9.17, 15) is 9.59 Å². The average molecular weight is 280 g/mol. The van der Waals surface area contributed by atoms with Crippen LogP contribution < -0.4 is 5.73 Å². The molecule has 0 atom stereocenters. The first-order chi connectivity index (χ1) is 7.99. The normalized spacial score (nSPS) is 9.56. The van der Waals surface area contributed by atoms with Crippen molar-refractivity contribution in [2.45, 2.75) is 32.1 Å². The van der Waals surface area contributed by atoms with Crippen LogP contribution in [0.15, 0.2) is 0 Å². The Hall–Kier alpha value is -0.810. The molecule has 0 saturated carbocycles. The summed E-state index contributed by atoms with van der Waals surface area (Å²) >= 11 is 0. The fraction of sp³-hybridized carbons (Fsp3) is 0.833. The average Bonchev–Trinajstić information content (AvgIpc) is 2.28. The molecule has 0 saturated heterocycles. The standard InChI is InChI=1S/C12H25N3O2.ClH/c1-14(2)12(17)10-15(3)11(16)8-6-4-5-7-9-13;/h4-10,13H2,1-3H3;1H. The summed E-state index contributed by atoms with van der Waals surface area (Å²) in [5, 5.41) is 0. The van der Waals surface area contributed by atoms with E-state index in [1.54, 1.807) is 21.1 Å². The van der Waals surface area contributed by atoms with Gasteiger partial charge in [-0.05, 0) is 19.4 Å². The zero-order chi connectivity index (χ0) is 13.3. The lowest BCUT2D eigenvalue weighted by molar-refractivity contribution is -0.138. The van der Waals surface area contributed by atoms with Gasteiger partial charge in [0.15, 0.2) is 0 Å². The summed E-state index contributed by atoms with van der Waals surface area (Å²) in [5.74, 6) is -0.0167. The van der Waals surface area contributed by atoms with Gasteiger partial charge < -0.3 is 15.5 Å². The summed E-state index contributed by atoms with van der Waals surface area (Å²) in [4.78, 5) is 26.0. The third kappa shape index (κ3) is 9.24. The van der Waals surface area contributed by atoms with Crippen molar-refractivity contribution in [1.29, 1.82) is 0 Å². The van der Waals surface area contributed by atoms with Gasteiger partial charge in [0.25, 0.3) is 0 Å². The Balaban J connectivity index is 0. The number of hydrogen-bond donors (Lipinski definition) is 1. The van der Waals surface area contributed by atoms with E-state index in [1.165, 1.54) is 9.80 Å². The molecule has 0 heterocycles. The first-order valence-electron chi connectivity index (χ1n) is 6.13. The Morgan fingerprint density at radius 3 is 2.00 bits per heavy atom. The zero-order valence-corrected chi connectivity index (χ0v) is 12.5. The molecule has 2 amide bonds. The summed E-state index contributed by atoms with van der Waals surface area (Å²) in [6.45, 7) is 0.875. The predicted molar refractivity (Wildman–Crippen MR) is 75.7 cm³/mol. The van der Waals surface area contributed by atoms with Crippen molar-refractivity contribution >= 4 is 24.2 Å². The topological polar surface area (TPSA) is 66.6 Å². The minimum absolute atomic E-state index is 0. The SMILES string of the molecule is CN(C)C(=O)CN(C)C(=O)CCCCCCN.Cl. The second-order valence-corrected chi connectivity index (χ2v) is 4.49. The van der Waals surface area contributed by atoms with E-state index in [-0.39, 0.29) is 30.8 Å². The number of amides is 2. The number of nitrogens with two attached hydrogens (primary N) is 1. The molecule has 108 valence electrons. The van der Waals surface area contributed by atoms with Crippen LogP contribution in [0.3, 0.4) is 0 Å². The first-order valence-corrected chi connectivity index (χ1v) is 6.13. The summed E-state index contributed by atoms with van der Waals surface area (Å²) in [7, 11) is 5.05. The molecule has 0 radical (unpaired) electrons. The highest BCUT2D eigenvalue weighted by Crippen LogP contribution is 2.04. The number of rotatable bonds is 8. The molecule has 0 aromatic rings. The molecule has 0 aromatic heterocycles. The molecule has 6 heteroatoms. The van der Waals surface area contributed by atoms with Crippen molar-refractivity contribution in [2.75, 3.05) is 34.2 Å². The van der Waals surface area contributed by atoms with Gasteiger partial charge >= 0.3 is 0 Å². The third-order valence-electron chi connectivity index (χ3n) is 2.64. The Labute approximate surface area is 116 Å². The van der Waals surface area contributed by atoms with E-state index in [1.807, 2.05) is 0 Å². The molecular weight excluding hydrogens is 254 g/mol. The van der Waals surface area contributed by atoms with E-state index < -0.39 is 0 Å². The fourth-order valence-electron chi connectivity index (χ4n) is 1.40. The number of unbranched alkanes of at least 4 members (excludes halogenated alkanes) is 3. The van der Waals surface area contributed by atoms with Crippen LogP contribution in [-0.2, 0) is 9.59 Å². The van der Waals surface area contributed by atoms with Gasteiger partial charge in [0.05, 0.1) is 6.54 Å². The van der Waals surface area contributed by atoms with Crippen molar-refractivity contribution in [3.05, 3.63) is 0 Å². The van der Waals surface area contributed by atoms with Crippen molar-refractivity contribution in [1.82, 2.24) is 9.80 Å². The molecule has 0 aliphatic heterocycles. The fourth-order valence-corrected chi connectivity index (χ4v) is 1.40. The third-order valence-corrected chi connectivity index (χ3v) is 2.64. The number of halogens is 1. The molecule has 18 heavy (non-hydrogen) atoms. The highest BCUT2D eigenvalue weighted by molar-refractivity contribution is 5.85. The van der Waals surface area contributed by atoms with Crippen molar-refractivity contribution in [3.63, 3.8) is 0 Å². The second kappa shape index (κ2) is 11.3. The Kier molecular flexibility index (Phi) is 12.2. The molecule has 0 spiro atoms. The van der Waals surface area contributed by atoms with Gasteiger partial charge in [0, 0.05) is 27.6 Å². The van der Waals surface area contributed by atoms with Crippen LogP contribution >= 0.6 is 12.4 Å². The summed E-state index contributed by atoms with van der Waals surface area (Å²) < 4.78 is 0. The molecule has 0 unspecified atom stereocenters. The van der Waals surface area contributed by atoms with E-state index in [0.717, 1.165) is 25.7 Å². The van der Waals surface area contributed by atoms with Crippen molar-refractivity contribution in [2.24, 2.45) is 5.73 Å². The lowest BCUT2D eigenvalue weighted by Gasteiger charge is -2.19. The van der Waals surface area contributed by atoms with Gasteiger partial charge in [-0.25, -0.2) is 0 Å². The highest BCUT2D eigenvalue weighted by atomic mass is 35.5. The lowest BCUT2D eigenvalue weighted by Crippen LogP contribution is -2.37. The molecule has 0 bridgehead atoms. The minimum Gasteiger partial charge on any atom is -0.347 e. The van der Waals surface area contributed by atoms with Crippen LogP contribution in [0.1, 0.15) is 32.1 Å². The number of nitrogens with zero attached hydrogens (tertiary/aromatic N) is 2. The first kappa shape index (κ1) is 19.5. The summed E-state index contributed by atoms with van der Waals surface area (Å²) in [5.41, 5.74) is 5.38. The van der Waals surface area contributed by atoms with Gasteiger partial charge in [-0.3, -0.25) is 9.59 Å². The Morgan fingerprint density at radius 2 is 1.50 bits per heavy atom. The molecule has 0 aliphatic carbocycles. The van der Waals surface area contributed by atoms with Gasteiger partial charge in [0.2, 0.25) is 11.8 Å².